The van der Waals surface area contributed by atoms with Crippen molar-refractivity contribution < 1.29 is 23.9 Å². The van der Waals surface area contributed by atoms with Gasteiger partial charge in [0, 0.05) is 24.4 Å². The Balaban J connectivity index is 1.51. The van der Waals surface area contributed by atoms with Crippen molar-refractivity contribution in [3.8, 4) is 5.75 Å². The summed E-state index contributed by atoms with van der Waals surface area (Å²) < 4.78 is 10.8. The molecule has 8 nitrogen and oxygen atoms in total. The van der Waals surface area contributed by atoms with Crippen molar-refractivity contribution >= 4 is 40.7 Å². The van der Waals surface area contributed by atoms with E-state index < -0.39 is 11.8 Å². The molecule has 0 aromatic heterocycles. The van der Waals surface area contributed by atoms with E-state index in [1.165, 1.54) is 7.11 Å². The van der Waals surface area contributed by atoms with Gasteiger partial charge in [0.25, 0.3) is 17.7 Å². The van der Waals surface area contributed by atoms with Crippen molar-refractivity contribution in [3.63, 3.8) is 0 Å². The molecular weight excluding hydrogens is 446 g/mol. The minimum atomic E-state index is -0.654. The summed E-state index contributed by atoms with van der Waals surface area (Å²) in [5.74, 6) is -1.15. The van der Waals surface area contributed by atoms with Gasteiger partial charge in [-0.1, -0.05) is 23.7 Å². The second kappa shape index (κ2) is 9.64. The molecule has 0 spiro atoms. The van der Waals surface area contributed by atoms with Gasteiger partial charge in [0.1, 0.15) is 16.5 Å². The predicted octanol–water partition coefficient (Wildman–Crippen LogP) is 3.35. The van der Waals surface area contributed by atoms with Gasteiger partial charge in [0.15, 0.2) is 0 Å². The highest BCUT2D eigenvalue weighted by atomic mass is 35.5. The van der Waals surface area contributed by atoms with Crippen LogP contribution in [-0.4, -0.2) is 44.1 Å². The van der Waals surface area contributed by atoms with Crippen molar-refractivity contribution in [1.82, 2.24) is 5.32 Å². The third-order valence-corrected chi connectivity index (χ3v) is 5.86. The van der Waals surface area contributed by atoms with Crippen LogP contribution in [0.2, 0.25) is 0 Å². The van der Waals surface area contributed by atoms with Gasteiger partial charge >= 0.3 is 0 Å². The number of anilines is 2. The molecule has 2 N–H and O–H groups in total. The van der Waals surface area contributed by atoms with Gasteiger partial charge in [-0.05, 0) is 55.7 Å². The Morgan fingerprint density at radius 2 is 2.03 bits per heavy atom. The molecule has 33 heavy (non-hydrogen) atoms. The summed E-state index contributed by atoms with van der Waals surface area (Å²) in [7, 11) is 1.46. The number of ether oxygens (including phenoxy) is 2. The van der Waals surface area contributed by atoms with Crippen molar-refractivity contribution in [2.24, 2.45) is 0 Å². The molecule has 2 aliphatic rings. The van der Waals surface area contributed by atoms with Gasteiger partial charge in [0.05, 0.1) is 18.9 Å². The number of aryl methyl sites for hydroxylation is 1. The van der Waals surface area contributed by atoms with Crippen LogP contribution in [-0.2, 0) is 14.3 Å². The summed E-state index contributed by atoms with van der Waals surface area (Å²) in [6, 6.07) is 11.8. The van der Waals surface area contributed by atoms with Crippen LogP contribution in [0, 0.1) is 6.92 Å². The first-order valence-electron chi connectivity index (χ1n) is 10.6. The SMILES string of the molecule is COc1ccc(C)cc1N1C(=O)C(Cl)=C(Nc2cccc(C(=O)NCC3CCCO3)c2)C1=O. The average molecular weight is 470 g/mol. The van der Waals surface area contributed by atoms with E-state index in [4.69, 9.17) is 21.1 Å². The van der Waals surface area contributed by atoms with Crippen LogP contribution in [0.3, 0.4) is 0 Å². The number of imide groups is 1. The molecule has 2 aromatic rings. The van der Waals surface area contributed by atoms with Crippen LogP contribution in [0.5, 0.6) is 5.75 Å². The molecule has 0 radical (unpaired) electrons. The number of halogens is 1. The monoisotopic (exact) mass is 469 g/mol. The Morgan fingerprint density at radius 3 is 2.76 bits per heavy atom. The molecule has 172 valence electrons. The van der Waals surface area contributed by atoms with Crippen LogP contribution in [0.15, 0.2) is 53.2 Å². The van der Waals surface area contributed by atoms with Crippen molar-refractivity contribution in [2.45, 2.75) is 25.9 Å². The Bertz CT molecular complexity index is 1140. The first-order valence-corrected chi connectivity index (χ1v) is 11.0. The van der Waals surface area contributed by atoms with Gasteiger partial charge in [-0.15, -0.1) is 0 Å². The van der Waals surface area contributed by atoms with E-state index in [0.29, 0.717) is 35.8 Å². The number of benzene rings is 2. The third kappa shape index (κ3) is 4.72. The molecule has 1 fully saturated rings. The Kier molecular flexibility index (Phi) is 6.67. The fourth-order valence-electron chi connectivity index (χ4n) is 3.80. The molecule has 4 rings (SSSR count). The maximum absolute atomic E-state index is 13.1. The molecule has 0 aliphatic carbocycles. The lowest BCUT2D eigenvalue weighted by Crippen LogP contribution is -2.32. The Hall–Kier alpha value is -3.36. The molecule has 2 heterocycles. The zero-order chi connectivity index (χ0) is 23.5. The van der Waals surface area contributed by atoms with Crippen molar-refractivity contribution in [1.29, 1.82) is 0 Å². The number of nitrogens with one attached hydrogen (secondary N) is 2. The predicted molar refractivity (Wildman–Crippen MR) is 124 cm³/mol. The number of amides is 3. The topological polar surface area (TPSA) is 97.0 Å². The molecule has 9 heteroatoms. The average Bonchev–Trinajstić information content (AvgIpc) is 3.41. The minimum Gasteiger partial charge on any atom is -0.495 e. The van der Waals surface area contributed by atoms with Crippen LogP contribution < -0.4 is 20.3 Å². The van der Waals surface area contributed by atoms with E-state index in [0.717, 1.165) is 23.3 Å². The Morgan fingerprint density at radius 1 is 1.21 bits per heavy atom. The second-order valence-corrected chi connectivity index (χ2v) is 8.24. The summed E-state index contributed by atoms with van der Waals surface area (Å²) in [5, 5.41) is 5.53. The first kappa shape index (κ1) is 22.8. The maximum Gasteiger partial charge on any atom is 0.283 e. The van der Waals surface area contributed by atoms with Gasteiger partial charge in [-0.25, -0.2) is 4.90 Å². The summed E-state index contributed by atoms with van der Waals surface area (Å²) in [6.07, 6.45) is 1.95. The van der Waals surface area contributed by atoms with E-state index in [9.17, 15) is 14.4 Å². The number of hydrogen-bond donors (Lipinski definition) is 2. The van der Waals surface area contributed by atoms with Gasteiger partial charge in [-0.2, -0.15) is 0 Å². The number of carbonyl (C=O) groups excluding carboxylic acids is 3. The first-order chi connectivity index (χ1) is 15.9. The van der Waals surface area contributed by atoms with E-state index in [2.05, 4.69) is 10.6 Å². The fourth-order valence-corrected chi connectivity index (χ4v) is 4.01. The number of rotatable bonds is 7. The number of carbonyl (C=O) groups is 3. The highest BCUT2D eigenvalue weighted by molar-refractivity contribution is 6.53. The van der Waals surface area contributed by atoms with Crippen LogP contribution in [0.1, 0.15) is 28.8 Å². The molecule has 2 aromatic carbocycles. The maximum atomic E-state index is 13.1. The lowest BCUT2D eigenvalue weighted by molar-refractivity contribution is -0.120. The van der Waals surface area contributed by atoms with Gasteiger partial charge < -0.3 is 20.1 Å². The molecule has 2 aliphatic heterocycles. The molecule has 1 unspecified atom stereocenters. The second-order valence-electron chi connectivity index (χ2n) is 7.86. The highest BCUT2D eigenvalue weighted by Crippen LogP contribution is 2.36. The molecule has 1 atom stereocenters. The molecule has 0 saturated carbocycles. The lowest BCUT2D eigenvalue weighted by Gasteiger charge is -2.18. The third-order valence-electron chi connectivity index (χ3n) is 5.51. The van der Waals surface area contributed by atoms with Gasteiger partial charge in [0.2, 0.25) is 0 Å². The molecule has 1 saturated heterocycles. The fraction of sp³-hybridized carbons (Fsp3) is 0.292. The van der Waals surface area contributed by atoms with Crippen LogP contribution in [0.4, 0.5) is 11.4 Å². The Labute approximate surface area is 196 Å². The molecular formula is C24H24ClN3O5. The van der Waals surface area contributed by atoms with E-state index in [-0.39, 0.29) is 22.7 Å². The van der Waals surface area contributed by atoms with E-state index in [1.54, 1.807) is 36.4 Å². The smallest absolute Gasteiger partial charge is 0.283 e. The summed E-state index contributed by atoms with van der Waals surface area (Å²) in [4.78, 5) is 39.5. The quantitative estimate of drug-likeness (QED) is 0.604. The molecule has 3 amide bonds. The standard InChI is InChI=1S/C24H24ClN3O5/c1-14-8-9-19(32-2)18(11-14)28-23(30)20(25)21(24(28)31)27-16-6-3-5-15(12-16)22(29)26-13-17-7-4-10-33-17/h3,5-6,8-9,11-12,17,27H,4,7,10,13H2,1-2H3,(H,26,29). The largest absolute Gasteiger partial charge is 0.495 e. The lowest BCUT2D eigenvalue weighted by atomic mass is 10.1. The van der Waals surface area contributed by atoms with Crippen molar-refractivity contribution in [2.75, 3.05) is 30.5 Å². The number of nitrogens with zero attached hydrogens (tertiary/aromatic N) is 1. The molecule has 0 bridgehead atoms. The minimum absolute atomic E-state index is 0.0333. The zero-order valence-corrected chi connectivity index (χ0v) is 19.1. The van der Waals surface area contributed by atoms with E-state index >= 15 is 0 Å². The van der Waals surface area contributed by atoms with Gasteiger partial charge in [-0.3, -0.25) is 14.4 Å². The summed E-state index contributed by atoms with van der Waals surface area (Å²) in [6.45, 7) is 3.00. The zero-order valence-electron chi connectivity index (χ0n) is 18.3. The number of hydrogen-bond acceptors (Lipinski definition) is 6. The summed E-state index contributed by atoms with van der Waals surface area (Å²) in [5.41, 5.74) is 1.95. The van der Waals surface area contributed by atoms with Crippen LogP contribution >= 0.6 is 11.6 Å². The van der Waals surface area contributed by atoms with Crippen LogP contribution in [0.25, 0.3) is 0 Å². The number of methoxy groups -OCH3 is 1. The van der Waals surface area contributed by atoms with Crippen molar-refractivity contribution in [3.05, 3.63) is 64.3 Å². The normalized spacial score (nSPS) is 18.2. The highest BCUT2D eigenvalue weighted by Gasteiger charge is 2.40. The summed E-state index contributed by atoms with van der Waals surface area (Å²) >= 11 is 6.25. The van der Waals surface area contributed by atoms with E-state index in [1.807, 2.05) is 13.0 Å².